The summed E-state index contributed by atoms with van der Waals surface area (Å²) in [4.78, 5) is -0.112. The van der Waals surface area contributed by atoms with Crippen molar-refractivity contribution in [1.82, 2.24) is 4.72 Å². The van der Waals surface area contributed by atoms with Gasteiger partial charge in [0.05, 0.1) is 18.1 Å². The Morgan fingerprint density at radius 1 is 1.38 bits per heavy atom. The lowest BCUT2D eigenvalue weighted by atomic mass is 10.1. The molecular weight excluding hydrogens is 359 g/mol. The molecule has 138 valence electrons. The predicted octanol–water partition coefficient (Wildman–Crippen LogP) is 1.68. The summed E-state index contributed by atoms with van der Waals surface area (Å²) in [6.07, 6.45) is 2.26. The van der Waals surface area contributed by atoms with Crippen LogP contribution in [0.5, 0.6) is 5.75 Å². The monoisotopic (exact) mass is 382 g/mol. The van der Waals surface area contributed by atoms with E-state index in [1.807, 2.05) is 0 Å². The fourth-order valence-corrected chi connectivity index (χ4v) is 3.33. The van der Waals surface area contributed by atoms with Crippen LogP contribution in [-0.4, -0.2) is 41.3 Å². The first kappa shape index (κ1) is 21.1. The molecule has 0 amide bonds. The van der Waals surface area contributed by atoms with E-state index in [0.29, 0.717) is 32.8 Å². The Labute approximate surface area is 148 Å². The van der Waals surface area contributed by atoms with Gasteiger partial charge in [-0.05, 0) is 44.0 Å². The maximum Gasteiger partial charge on any atom is 0.240 e. The lowest BCUT2D eigenvalue weighted by Crippen LogP contribution is -2.25. The van der Waals surface area contributed by atoms with Gasteiger partial charge in [-0.25, -0.2) is 17.5 Å². The van der Waals surface area contributed by atoms with Crippen molar-refractivity contribution in [2.24, 2.45) is 11.7 Å². The number of ether oxygens (including phenoxy) is 2. The van der Waals surface area contributed by atoms with Gasteiger partial charge in [0.1, 0.15) is 0 Å². The lowest BCUT2D eigenvalue weighted by molar-refractivity contribution is 0.165. The molecule has 0 radical (unpaired) electrons. The normalized spacial score (nSPS) is 17.5. The SMILES string of the molecule is Cl.NCCCCNS(=O)(=O)c1ccc(OCC2CCOC2)c(F)c1. The van der Waals surface area contributed by atoms with Crippen molar-refractivity contribution in [3.63, 3.8) is 0 Å². The Kier molecular flexibility index (Phi) is 8.93. The largest absolute Gasteiger partial charge is 0.490 e. The smallest absolute Gasteiger partial charge is 0.240 e. The molecule has 1 atom stereocenters. The van der Waals surface area contributed by atoms with Crippen LogP contribution in [0.3, 0.4) is 0 Å². The van der Waals surface area contributed by atoms with Gasteiger partial charge in [0.15, 0.2) is 11.6 Å². The first-order valence-electron chi connectivity index (χ1n) is 7.73. The van der Waals surface area contributed by atoms with Gasteiger partial charge in [-0.3, -0.25) is 0 Å². The first-order chi connectivity index (χ1) is 11.0. The molecule has 1 fully saturated rings. The van der Waals surface area contributed by atoms with E-state index in [0.717, 1.165) is 18.9 Å². The molecule has 1 unspecified atom stereocenters. The molecule has 1 heterocycles. The highest BCUT2D eigenvalue weighted by Crippen LogP contribution is 2.23. The van der Waals surface area contributed by atoms with E-state index in [-0.39, 0.29) is 35.5 Å². The molecule has 0 aromatic heterocycles. The third-order valence-corrected chi connectivity index (χ3v) is 5.09. The molecule has 1 saturated heterocycles. The van der Waals surface area contributed by atoms with Crippen molar-refractivity contribution >= 4 is 22.4 Å². The van der Waals surface area contributed by atoms with Gasteiger partial charge in [-0.1, -0.05) is 0 Å². The van der Waals surface area contributed by atoms with Gasteiger partial charge < -0.3 is 15.2 Å². The molecule has 0 aliphatic carbocycles. The molecule has 2 rings (SSSR count). The second-order valence-electron chi connectivity index (χ2n) is 5.53. The van der Waals surface area contributed by atoms with Crippen molar-refractivity contribution in [2.45, 2.75) is 24.2 Å². The highest BCUT2D eigenvalue weighted by atomic mass is 35.5. The number of nitrogens with two attached hydrogens (primary N) is 1. The number of unbranched alkanes of at least 4 members (excludes halogenated alkanes) is 1. The molecule has 3 N–H and O–H groups in total. The van der Waals surface area contributed by atoms with Crippen molar-refractivity contribution < 1.29 is 22.3 Å². The summed E-state index contributed by atoms with van der Waals surface area (Å²) in [5.41, 5.74) is 5.35. The second-order valence-corrected chi connectivity index (χ2v) is 7.29. The number of nitrogens with one attached hydrogen (secondary N) is 1. The van der Waals surface area contributed by atoms with E-state index >= 15 is 0 Å². The van der Waals surface area contributed by atoms with E-state index in [1.54, 1.807) is 0 Å². The first-order valence-corrected chi connectivity index (χ1v) is 9.21. The Hall–Kier alpha value is -0.930. The Balaban J connectivity index is 0.00000288. The van der Waals surface area contributed by atoms with Crippen molar-refractivity contribution in [3.05, 3.63) is 24.0 Å². The van der Waals surface area contributed by atoms with E-state index < -0.39 is 15.8 Å². The molecule has 1 aromatic carbocycles. The number of sulfonamides is 1. The number of hydrogen-bond donors (Lipinski definition) is 2. The average Bonchev–Trinajstić information content (AvgIpc) is 3.04. The molecule has 24 heavy (non-hydrogen) atoms. The minimum Gasteiger partial charge on any atom is -0.490 e. The molecule has 1 aliphatic rings. The Morgan fingerprint density at radius 3 is 2.79 bits per heavy atom. The van der Waals surface area contributed by atoms with Gasteiger partial charge >= 0.3 is 0 Å². The molecule has 0 bridgehead atoms. The van der Waals surface area contributed by atoms with Crippen LogP contribution in [0.25, 0.3) is 0 Å². The average molecular weight is 383 g/mol. The minimum atomic E-state index is -3.72. The van der Waals surface area contributed by atoms with Crippen molar-refractivity contribution in [2.75, 3.05) is 32.9 Å². The quantitative estimate of drug-likeness (QED) is 0.634. The van der Waals surface area contributed by atoms with Crippen molar-refractivity contribution in [3.8, 4) is 5.75 Å². The van der Waals surface area contributed by atoms with Crippen LogP contribution < -0.4 is 15.2 Å². The highest BCUT2D eigenvalue weighted by molar-refractivity contribution is 7.89. The fourth-order valence-electron chi connectivity index (χ4n) is 2.25. The Morgan fingerprint density at radius 2 is 2.17 bits per heavy atom. The van der Waals surface area contributed by atoms with Crippen LogP contribution in [0.4, 0.5) is 4.39 Å². The third-order valence-electron chi connectivity index (χ3n) is 3.64. The number of rotatable bonds is 9. The van der Waals surface area contributed by atoms with E-state index in [2.05, 4.69) is 4.72 Å². The standard InChI is InChI=1S/C15H23FN2O4S.ClH/c16-14-9-13(23(19,20)18-7-2-1-6-17)3-4-15(14)22-11-12-5-8-21-10-12;/h3-4,9,12,18H,1-2,5-8,10-11,17H2;1H. The van der Waals surface area contributed by atoms with Gasteiger partial charge in [-0.2, -0.15) is 0 Å². The topological polar surface area (TPSA) is 90.7 Å². The fraction of sp³-hybridized carbons (Fsp3) is 0.600. The summed E-state index contributed by atoms with van der Waals surface area (Å²) in [6.45, 7) is 2.46. The van der Waals surface area contributed by atoms with Crippen molar-refractivity contribution in [1.29, 1.82) is 0 Å². The summed E-state index contributed by atoms with van der Waals surface area (Å²) in [5.74, 6) is -0.380. The van der Waals surface area contributed by atoms with Crippen LogP contribution in [0, 0.1) is 11.7 Å². The lowest BCUT2D eigenvalue weighted by Gasteiger charge is -2.12. The highest BCUT2D eigenvalue weighted by Gasteiger charge is 2.19. The zero-order chi connectivity index (χ0) is 16.7. The third kappa shape index (κ3) is 6.18. The van der Waals surface area contributed by atoms with E-state index in [9.17, 15) is 12.8 Å². The predicted molar refractivity (Wildman–Crippen MR) is 91.5 cm³/mol. The van der Waals surface area contributed by atoms with Crippen LogP contribution in [0.1, 0.15) is 19.3 Å². The molecule has 1 aromatic rings. The number of halogens is 2. The molecule has 0 saturated carbocycles. The molecular formula is C15H24ClFN2O4S. The van der Waals surface area contributed by atoms with Crippen LogP contribution in [0.15, 0.2) is 23.1 Å². The van der Waals surface area contributed by atoms with E-state index in [1.165, 1.54) is 12.1 Å². The minimum absolute atomic E-state index is 0. The van der Waals surface area contributed by atoms with Crippen LogP contribution in [-0.2, 0) is 14.8 Å². The summed E-state index contributed by atoms with van der Waals surface area (Å²) < 4.78 is 51.2. The van der Waals surface area contributed by atoms with Gasteiger partial charge in [-0.15, -0.1) is 12.4 Å². The van der Waals surface area contributed by atoms with Gasteiger partial charge in [0.25, 0.3) is 0 Å². The maximum absolute atomic E-state index is 14.0. The molecule has 9 heteroatoms. The Bertz CT molecular complexity index is 609. The second kappa shape index (κ2) is 10.1. The zero-order valence-corrected chi connectivity index (χ0v) is 15.0. The summed E-state index contributed by atoms with van der Waals surface area (Å²) in [5, 5.41) is 0. The van der Waals surface area contributed by atoms with E-state index in [4.69, 9.17) is 15.2 Å². The molecule has 0 spiro atoms. The number of benzene rings is 1. The maximum atomic E-state index is 14.0. The molecule has 1 aliphatic heterocycles. The summed E-state index contributed by atoms with van der Waals surface area (Å²) in [7, 11) is -3.72. The van der Waals surface area contributed by atoms with Gasteiger partial charge in [0.2, 0.25) is 10.0 Å². The van der Waals surface area contributed by atoms with Crippen LogP contribution in [0.2, 0.25) is 0 Å². The van der Waals surface area contributed by atoms with Crippen LogP contribution >= 0.6 is 12.4 Å². The molecule has 6 nitrogen and oxygen atoms in total. The number of hydrogen-bond acceptors (Lipinski definition) is 5. The zero-order valence-electron chi connectivity index (χ0n) is 13.4. The van der Waals surface area contributed by atoms with Gasteiger partial charge in [0, 0.05) is 19.1 Å². The summed E-state index contributed by atoms with van der Waals surface area (Å²) in [6, 6.07) is 3.67. The summed E-state index contributed by atoms with van der Waals surface area (Å²) >= 11 is 0.